The Kier molecular flexibility index (Phi) is 2.35. The zero-order valence-corrected chi connectivity index (χ0v) is 7.30. The van der Waals surface area contributed by atoms with Crippen molar-refractivity contribution in [1.29, 1.82) is 0 Å². The van der Waals surface area contributed by atoms with E-state index in [0.29, 0.717) is 5.02 Å². The first-order valence-electron chi connectivity index (χ1n) is 3.92. The summed E-state index contributed by atoms with van der Waals surface area (Å²) in [5.74, 6) is 0.798. The van der Waals surface area contributed by atoms with Gasteiger partial charge in [0.15, 0.2) is 0 Å². The van der Waals surface area contributed by atoms with Gasteiger partial charge in [-0.25, -0.2) is 0 Å². The third-order valence-corrected chi connectivity index (χ3v) is 2.03. The second-order valence-electron chi connectivity index (χ2n) is 2.73. The molecule has 1 aliphatic rings. The first-order chi connectivity index (χ1) is 5.86. The lowest BCUT2D eigenvalue weighted by molar-refractivity contribution is 0.0143. The molecule has 4 heteroatoms. The Hall–Kier alpha value is -0.510. The molecule has 1 atom stereocenters. The van der Waals surface area contributed by atoms with Crippen molar-refractivity contribution < 1.29 is 9.15 Å². The maximum atomic E-state index is 5.71. The molecule has 66 valence electrons. The van der Waals surface area contributed by atoms with Gasteiger partial charge >= 0.3 is 0 Å². The van der Waals surface area contributed by atoms with Crippen molar-refractivity contribution in [1.82, 2.24) is 5.32 Å². The summed E-state index contributed by atoms with van der Waals surface area (Å²) in [5.41, 5.74) is 0. The molecule has 12 heavy (non-hydrogen) atoms. The quantitative estimate of drug-likeness (QED) is 0.725. The molecule has 1 fully saturated rings. The highest BCUT2D eigenvalue weighted by Crippen LogP contribution is 2.23. The van der Waals surface area contributed by atoms with Crippen LogP contribution in [0.2, 0.25) is 5.02 Å². The summed E-state index contributed by atoms with van der Waals surface area (Å²) in [6.07, 6.45) is 1.54. The van der Waals surface area contributed by atoms with E-state index >= 15 is 0 Å². The Morgan fingerprint density at radius 2 is 2.50 bits per heavy atom. The molecule has 0 aromatic carbocycles. The average Bonchev–Trinajstić information content (AvgIpc) is 2.54. The molecule has 1 unspecified atom stereocenters. The Bertz CT molecular complexity index is 255. The highest BCUT2D eigenvalue weighted by Gasteiger charge is 2.18. The monoisotopic (exact) mass is 187 g/mol. The smallest absolute Gasteiger partial charge is 0.135 e. The van der Waals surface area contributed by atoms with Crippen LogP contribution < -0.4 is 5.32 Å². The van der Waals surface area contributed by atoms with Gasteiger partial charge in [-0.1, -0.05) is 11.6 Å². The third-order valence-electron chi connectivity index (χ3n) is 1.83. The number of morpholine rings is 1. The molecule has 1 aromatic heterocycles. The Balaban J connectivity index is 2.08. The molecule has 0 amide bonds. The first kappa shape index (κ1) is 8.10. The summed E-state index contributed by atoms with van der Waals surface area (Å²) >= 11 is 5.71. The molecule has 3 nitrogen and oxygen atoms in total. The van der Waals surface area contributed by atoms with E-state index < -0.39 is 0 Å². The fraction of sp³-hybridized carbons (Fsp3) is 0.500. The second kappa shape index (κ2) is 3.47. The molecule has 0 saturated carbocycles. The zero-order chi connectivity index (χ0) is 8.39. The van der Waals surface area contributed by atoms with Gasteiger partial charge < -0.3 is 14.5 Å². The van der Waals surface area contributed by atoms with Crippen LogP contribution >= 0.6 is 11.6 Å². The molecule has 1 aromatic rings. The summed E-state index contributed by atoms with van der Waals surface area (Å²) < 4.78 is 10.7. The number of hydrogen-bond acceptors (Lipinski definition) is 3. The molecule has 1 saturated heterocycles. The van der Waals surface area contributed by atoms with Crippen molar-refractivity contribution in [2.24, 2.45) is 0 Å². The van der Waals surface area contributed by atoms with Gasteiger partial charge in [-0.3, -0.25) is 0 Å². The SMILES string of the molecule is Clc1coc(C2CNCCO2)c1. The predicted molar refractivity (Wildman–Crippen MR) is 45.3 cm³/mol. The van der Waals surface area contributed by atoms with E-state index in [1.807, 2.05) is 0 Å². The molecule has 0 bridgehead atoms. The van der Waals surface area contributed by atoms with Crippen molar-refractivity contribution in [3.8, 4) is 0 Å². The predicted octanol–water partition coefficient (Wildman–Crippen LogP) is 1.59. The maximum Gasteiger partial charge on any atom is 0.135 e. The van der Waals surface area contributed by atoms with Gasteiger partial charge in [0.1, 0.15) is 18.1 Å². The summed E-state index contributed by atoms with van der Waals surface area (Å²) in [6, 6.07) is 1.79. The van der Waals surface area contributed by atoms with Crippen LogP contribution in [-0.4, -0.2) is 19.7 Å². The zero-order valence-electron chi connectivity index (χ0n) is 6.55. The van der Waals surface area contributed by atoms with Crippen LogP contribution in [0.1, 0.15) is 11.9 Å². The molecule has 2 rings (SSSR count). The second-order valence-corrected chi connectivity index (χ2v) is 3.17. The first-order valence-corrected chi connectivity index (χ1v) is 4.30. The number of halogens is 1. The summed E-state index contributed by atoms with van der Waals surface area (Å²) in [6.45, 7) is 2.43. The Morgan fingerprint density at radius 3 is 3.08 bits per heavy atom. The normalized spacial score (nSPS) is 24.2. The van der Waals surface area contributed by atoms with Crippen LogP contribution in [-0.2, 0) is 4.74 Å². The largest absolute Gasteiger partial charge is 0.465 e. The number of hydrogen-bond donors (Lipinski definition) is 1. The van der Waals surface area contributed by atoms with Crippen molar-refractivity contribution in [2.75, 3.05) is 19.7 Å². The molecule has 0 spiro atoms. The minimum absolute atomic E-state index is 0.0197. The van der Waals surface area contributed by atoms with Crippen LogP contribution in [0.5, 0.6) is 0 Å². The van der Waals surface area contributed by atoms with Gasteiger partial charge in [0.2, 0.25) is 0 Å². The fourth-order valence-corrected chi connectivity index (χ4v) is 1.40. The van der Waals surface area contributed by atoms with E-state index in [4.69, 9.17) is 20.8 Å². The van der Waals surface area contributed by atoms with E-state index in [2.05, 4.69) is 5.32 Å². The van der Waals surface area contributed by atoms with Crippen molar-refractivity contribution in [2.45, 2.75) is 6.10 Å². The van der Waals surface area contributed by atoms with Gasteiger partial charge in [-0.15, -0.1) is 0 Å². The summed E-state index contributed by atoms with van der Waals surface area (Å²) in [7, 11) is 0. The van der Waals surface area contributed by atoms with Crippen LogP contribution in [0, 0.1) is 0 Å². The number of ether oxygens (including phenoxy) is 1. The van der Waals surface area contributed by atoms with Gasteiger partial charge in [0.05, 0.1) is 11.6 Å². The van der Waals surface area contributed by atoms with Crippen molar-refractivity contribution in [3.63, 3.8) is 0 Å². The van der Waals surface area contributed by atoms with Gasteiger partial charge in [0, 0.05) is 19.2 Å². The minimum atomic E-state index is 0.0197. The van der Waals surface area contributed by atoms with Gasteiger partial charge in [0.25, 0.3) is 0 Å². The average molecular weight is 188 g/mol. The van der Waals surface area contributed by atoms with Crippen LogP contribution in [0.3, 0.4) is 0 Å². The Labute approximate surface area is 75.6 Å². The van der Waals surface area contributed by atoms with Gasteiger partial charge in [-0.2, -0.15) is 0 Å². The van der Waals surface area contributed by atoms with E-state index in [0.717, 1.165) is 25.5 Å². The summed E-state index contributed by atoms with van der Waals surface area (Å²) in [4.78, 5) is 0. The molecule has 0 aliphatic carbocycles. The topological polar surface area (TPSA) is 34.4 Å². The standard InChI is InChI=1S/C8H10ClNO2/c9-6-3-7(12-5-6)8-4-10-1-2-11-8/h3,5,8,10H,1-2,4H2. The molecular formula is C8H10ClNO2. The number of rotatable bonds is 1. The fourth-order valence-electron chi connectivity index (χ4n) is 1.25. The molecular weight excluding hydrogens is 178 g/mol. The van der Waals surface area contributed by atoms with E-state index in [-0.39, 0.29) is 6.10 Å². The van der Waals surface area contributed by atoms with Gasteiger partial charge in [-0.05, 0) is 0 Å². The summed E-state index contributed by atoms with van der Waals surface area (Å²) in [5, 5.41) is 3.84. The minimum Gasteiger partial charge on any atom is -0.465 e. The van der Waals surface area contributed by atoms with E-state index in [1.165, 1.54) is 6.26 Å². The lowest BCUT2D eigenvalue weighted by Crippen LogP contribution is -2.33. The molecule has 1 aliphatic heterocycles. The maximum absolute atomic E-state index is 5.71. The number of nitrogens with one attached hydrogen (secondary N) is 1. The van der Waals surface area contributed by atoms with Crippen LogP contribution in [0.25, 0.3) is 0 Å². The molecule has 1 N–H and O–H groups in total. The van der Waals surface area contributed by atoms with Crippen LogP contribution in [0.15, 0.2) is 16.7 Å². The third kappa shape index (κ3) is 1.63. The number of furan rings is 1. The van der Waals surface area contributed by atoms with Crippen molar-refractivity contribution >= 4 is 11.6 Å². The van der Waals surface area contributed by atoms with E-state index in [9.17, 15) is 0 Å². The van der Waals surface area contributed by atoms with E-state index in [1.54, 1.807) is 6.07 Å². The lowest BCUT2D eigenvalue weighted by atomic mass is 10.2. The highest BCUT2D eigenvalue weighted by molar-refractivity contribution is 6.30. The highest BCUT2D eigenvalue weighted by atomic mass is 35.5. The molecule has 0 radical (unpaired) electrons. The van der Waals surface area contributed by atoms with Crippen LogP contribution in [0.4, 0.5) is 0 Å². The Morgan fingerprint density at radius 1 is 1.58 bits per heavy atom. The molecule has 2 heterocycles. The van der Waals surface area contributed by atoms with Crippen molar-refractivity contribution in [3.05, 3.63) is 23.1 Å². The lowest BCUT2D eigenvalue weighted by Gasteiger charge is -2.21.